The van der Waals surface area contributed by atoms with Gasteiger partial charge in [-0.1, -0.05) is 30.3 Å². The minimum Gasteiger partial charge on any atom is -0.324 e. The number of likely N-dealkylation sites (N-methyl/N-ethyl adjacent to an activating group) is 1. The van der Waals surface area contributed by atoms with Crippen molar-refractivity contribution in [1.82, 2.24) is 40.9 Å². The zero-order chi connectivity index (χ0) is 21.6. The lowest BCUT2D eigenvalue weighted by Crippen LogP contribution is -2.30. The number of nitrogens with zero attached hydrogens (tertiary/aromatic N) is 6. The van der Waals surface area contributed by atoms with Crippen LogP contribution in [0.4, 0.5) is 5.69 Å². The summed E-state index contributed by atoms with van der Waals surface area (Å²) in [4.78, 5) is 15.6. The van der Waals surface area contributed by atoms with Gasteiger partial charge < -0.3 is 5.32 Å². The summed E-state index contributed by atoms with van der Waals surface area (Å²) in [6.07, 6.45) is 0.683. The van der Waals surface area contributed by atoms with Crippen LogP contribution in [0, 0.1) is 0 Å². The first-order chi connectivity index (χ1) is 15.1. The van der Waals surface area contributed by atoms with Gasteiger partial charge in [-0.2, -0.15) is 20.6 Å². The highest BCUT2D eigenvalue weighted by Gasteiger charge is 2.14. The van der Waals surface area contributed by atoms with Crippen LogP contribution in [0.25, 0.3) is 11.0 Å². The fraction of sp³-hybridized carbons (Fsp3) is 0.300. The number of carbonyl (C=O) groups excluding carboxylic acids is 1. The van der Waals surface area contributed by atoms with E-state index >= 15 is 0 Å². The normalized spacial score (nSPS) is 12.4. The van der Waals surface area contributed by atoms with Crippen molar-refractivity contribution in [2.45, 2.75) is 30.0 Å². The lowest BCUT2D eigenvalue weighted by molar-refractivity contribution is -0.117. The Bertz CT molecular complexity index is 1140. The van der Waals surface area contributed by atoms with Crippen molar-refractivity contribution in [3.63, 3.8) is 0 Å². The molecule has 160 valence electrons. The molecule has 0 saturated heterocycles. The Morgan fingerprint density at radius 2 is 1.97 bits per heavy atom. The SMILES string of the molecule is CC(Cc1nn[nH]n1)Sc1ccccc1NC(=O)CN(C)Cc1ccc2n[nH]nc2c1. The third-order valence-electron chi connectivity index (χ3n) is 4.60. The number of hydrogen-bond donors (Lipinski definition) is 3. The molecule has 2 aromatic heterocycles. The maximum absolute atomic E-state index is 12.7. The van der Waals surface area contributed by atoms with E-state index < -0.39 is 0 Å². The van der Waals surface area contributed by atoms with Crippen LogP contribution in [0.5, 0.6) is 0 Å². The molecule has 1 amide bonds. The molecular weight excluding hydrogens is 414 g/mol. The number of benzene rings is 2. The van der Waals surface area contributed by atoms with Gasteiger partial charge in [0.2, 0.25) is 5.91 Å². The van der Waals surface area contributed by atoms with Gasteiger partial charge in [-0.05, 0) is 36.9 Å². The van der Waals surface area contributed by atoms with E-state index in [1.807, 2.05) is 54.4 Å². The zero-order valence-corrected chi connectivity index (χ0v) is 18.1. The van der Waals surface area contributed by atoms with Crippen LogP contribution in [0.2, 0.25) is 0 Å². The van der Waals surface area contributed by atoms with Gasteiger partial charge in [0, 0.05) is 23.1 Å². The van der Waals surface area contributed by atoms with Crippen molar-refractivity contribution < 1.29 is 4.79 Å². The zero-order valence-electron chi connectivity index (χ0n) is 17.2. The monoisotopic (exact) mass is 437 g/mol. The molecule has 3 N–H and O–H groups in total. The van der Waals surface area contributed by atoms with E-state index in [4.69, 9.17) is 0 Å². The topological polar surface area (TPSA) is 128 Å². The van der Waals surface area contributed by atoms with Crippen molar-refractivity contribution in [3.05, 3.63) is 53.9 Å². The smallest absolute Gasteiger partial charge is 0.238 e. The number of amides is 1. The second-order valence-corrected chi connectivity index (χ2v) is 8.80. The number of nitrogens with one attached hydrogen (secondary N) is 3. The summed E-state index contributed by atoms with van der Waals surface area (Å²) in [6.45, 7) is 3.00. The van der Waals surface area contributed by atoms with Crippen LogP contribution in [-0.2, 0) is 17.8 Å². The van der Waals surface area contributed by atoms with Gasteiger partial charge in [-0.15, -0.1) is 22.0 Å². The average molecular weight is 438 g/mol. The number of anilines is 1. The van der Waals surface area contributed by atoms with Gasteiger partial charge in [0.05, 0.1) is 12.2 Å². The number of fused-ring (bicyclic) bond motifs is 1. The first kappa shape index (κ1) is 20.9. The molecular formula is C20H23N9OS. The first-order valence-corrected chi connectivity index (χ1v) is 10.7. The number of hydrogen-bond acceptors (Lipinski definition) is 8. The molecule has 0 aliphatic rings. The lowest BCUT2D eigenvalue weighted by atomic mass is 10.2. The van der Waals surface area contributed by atoms with Crippen LogP contribution in [0.1, 0.15) is 18.3 Å². The number of H-pyrrole nitrogens is 2. The quantitative estimate of drug-likeness (QED) is 0.340. The molecule has 0 spiro atoms. The first-order valence-electron chi connectivity index (χ1n) is 9.82. The summed E-state index contributed by atoms with van der Waals surface area (Å²) >= 11 is 1.67. The highest BCUT2D eigenvalue weighted by Crippen LogP contribution is 2.31. The number of tetrazole rings is 1. The molecule has 2 aromatic carbocycles. The Hall–Kier alpha value is -3.31. The Morgan fingerprint density at radius 3 is 2.81 bits per heavy atom. The molecule has 2 heterocycles. The summed E-state index contributed by atoms with van der Waals surface area (Å²) < 4.78 is 0. The fourth-order valence-electron chi connectivity index (χ4n) is 3.24. The molecule has 1 atom stereocenters. The fourth-order valence-corrected chi connectivity index (χ4v) is 4.31. The van der Waals surface area contributed by atoms with Crippen LogP contribution in [0.3, 0.4) is 0 Å². The van der Waals surface area contributed by atoms with E-state index in [0.717, 1.165) is 27.2 Å². The summed E-state index contributed by atoms with van der Waals surface area (Å²) in [5.41, 5.74) is 3.51. The van der Waals surface area contributed by atoms with Crippen LogP contribution in [0.15, 0.2) is 47.4 Å². The number of rotatable bonds is 9. The Labute approximate surface area is 183 Å². The number of aromatic amines is 2. The van der Waals surface area contributed by atoms with Crippen LogP contribution < -0.4 is 5.32 Å². The van der Waals surface area contributed by atoms with Crippen molar-refractivity contribution in [2.75, 3.05) is 18.9 Å². The largest absolute Gasteiger partial charge is 0.324 e. The highest BCUT2D eigenvalue weighted by atomic mass is 32.2. The van der Waals surface area contributed by atoms with E-state index in [1.165, 1.54) is 0 Å². The molecule has 0 bridgehead atoms. The second-order valence-electron chi connectivity index (χ2n) is 7.32. The van der Waals surface area contributed by atoms with Crippen molar-refractivity contribution in [3.8, 4) is 0 Å². The maximum Gasteiger partial charge on any atom is 0.238 e. The molecule has 31 heavy (non-hydrogen) atoms. The van der Waals surface area contributed by atoms with E-state index in [9.17, 15) is 4.79 Å². The molecule has 4 aromatic rings. The Balaban J connectivity index is 1.33. The number of aromatic nitrogens is 7. The van der Waals surface area contributed by atoms with Gasteiger partial charge >= 0.3 is 0 Å². The molecule has 0 aliphatic carbocycles. The standard InChI is InChI=1S/C20H23N9OS/c1-13(9-19-24-27-28-25-19)31-18-6-4-3-5-16(18)21-20(30)12-29(2)11-14-7-8-15-17(10-14)23-26-22-15/h3-8,10,13H,9,11-12H2,1-2H3,(H,21,30)(H,22,23,26)(H,24,25,27,28). The van der Waals surface area contributed by atoms with Crippen LogP contribution in [-0.4, -0.2) is 65.7 Å². The molecule has 10 nitrogen and oxygen atoms in total. The van der Waals surface area contributed by atoms with Gasteiger partial charge in [0.15, 0.2) is 5.82 Å². The van der Waals surface area contributed by atoms with Gasteiger partial charge in [-0.3, -0.25) is 9.69 Å². The van der Waals surface area contributed by atoms with Gasteiger partial charge in [0.25, 0.3) is 0 Å². The van der Waals surface area contributed by atoms with Crippen molar-refractivity contribution in [1.29, 1.82) is 0 Å². The van der Waals surface area contributed by atoms with Crippen molar-refractivity contribution in [2.24, 2.45) is 0 Å². The minimum absolute atomic E-state index is 0.0658. The summed E-state index contributed by atoms with van der Waals surface area (Å²) in [6, 6.07) is 13.7. The predicted molar refractivity (Wildman–Crippen MR) is 118 cm³/mol. The van der Waals surface area contributed by atoms with Crippen molar-refractivity contribution >= 4 is 34.4 Å². The highest BCUT2D eigenvalue weighted by molar-refractivity contribution is 8.00. The summed E-state index contributed by atoms with van der Waals surface area (Å²) in [7, 11) is 1.92. The third kappa shape index (κ3) is 5.64. The van der Waals surface area contributed by atoms with E-state index in [1.54, 1.807) is 11.8 Å². The van der Waals surface area contributed by atoms with Gasteiger partial charge in [-0.25, -0.2) is 0 Å². The third-order valence-corrected chi connectivity index (χ3v) is 5.77. The number of thioether (sulfide) groups is 1. The van der Waals surface area contributed by atoms with E-state index in [0.29, 0.717) is 18.8 Å². The summed E-state index contributed by atoms with van der Waals surface area (Å²) in [5, 5.41) is 28.1. The molecule has 0 radical (unpaired) electrons. The maximum atomic E-state index is 12.7. The predicted octanol–water partition coefficient (Wildman–Crippen LogP) is 2.26. The molecule has 0 saturated carbocycles. The molecule has 0 aliphatic heterocycles. The van der Waals surface area contributed by atoms with E-state index in [-0.39, 0.29) is 17.7 Å². The summed E-state index contributed by atoms with van der Waals surface area (Å²) in [5.74, 6) is 0.607. The Morgan fingerprint density at radius 1 is 1.13 bits per heavy atom. The second kappa shape index (κ2) is 9.67. The molecule has 0 fully saturated rings. The van der Waals surface area contributed by atoms with Gasteiger partial charge in [0.1, 0.15) is 11.0 Å². The molecule has 4 rings (SSSR count). The number of carbonyl (C=O) groups is 1. The molecule has 1 unspecified atom stereocenters. The number of para-hydroxylation sites is 1. The Kier molecular flexibility index (Phi) is 6.53. The minimum atomic E-state index is -0.0658. The average Bonchev–Trinajstić information content (AvgIpc) is 3.40. The molecule has 11 heteroatoms. The van der Waals surface area contributed by atoms with E-state index in [2.05, 4.69) is 48.3 Å². The lowest BCUT2D eigenvalue weighted by Gasteiger charge is -2.18. The van der Waals surface area contributed by atoms with Crippen LogP contribution >= 0.6 is 11.8 Å².